The highest BCUT2D eigenvalue weighted by Gasteiger charge is 2.51. The molecule has 1 aromatic carbocycles. The molecule has 1 aliphatic rings. The van der Waals surface area contributed by atoms with Crippen molar-refractivity contribution in [3.63, 3.8) is 0 Å². The number of carbonyl (C=O) groups is 2. The number of nitrogens with zero attached hydrogens (tertiary/aromatic N) is 1. The van der Waals surface area contributed by atoms with Gasteiger partial charge in [-0.2, -0.15) is 0 Å². The standard InChI is InChI=1S/C15H19NO3/c1-9-6-5-7-10(2)13(9)16-12(17)8-11(14(18)19)15(16,3)4/h5-7,11H,8H2,1-4H3,(H,18,19). The maximum atomic E-state index is 12.3. The third-order valence-electron chi connectivity index (χ3n) is 4.02. The van der Waals surface area contributed by atoms with E-state index in [-0.39, 0.29) is 12.3 Å². The molecule has 102 valence electrons. The van der Waals surface area contributed by atoms with Crippen molar-refractivity contribution >= 4 is 17.6 Å². The number of hydrogen-bond acceptors (Lipinski definition) is 2. The van der Waals surface area contributed by atoms with Crippen molar-refractivity contribution < 1.29 is 14.7 Å². The predicted molar refractivity (Wildman–Crippen MR) is 73.2 cm³/mol. The molecule has 0 saturated carbocycles. The number of carboxylic acids is 1. The molecule has 1 N–H and O–H groups in total. The van der Waals surface area contributed by atoms with Gasteiger partial charge in [-0.3, -0.25) is 9.59 Å². The summed E-state index contributed by atoms with van der Waals surface area (Å²) in [7, 11) is 0. The van der Waals surface area contributed by atoms with Crippen molar-refractivity contribution in [3.05, 3.63) is 29.3 Å². The van der Waals surface area contributed by atoms with E-state index in [1.54, 1.807) is 4.90 Å². The summed E-state index contributed by atoms with van der Waals surface area (Å²) in [6, 6.07) is 5.83. The van der Waals surface area contributed by atoms with E-state index in [0.717, 1.165) is 16.8 Å². The van der Waals surface area contributed by atoms with Crippen LogP contribution in [-0.2, 0) is 9.59 Å². The van der Waals surface area contributed by atoms with E-state index in [2.05, 4.69) is 0 Å². The molecule has 2 rings (SSSR count). The minimum absolute atomic E-state index is 0.0656. The summed E-state index contributed by atoms with van der Waals surface area (Å²) in [6.07, 6.45) is 0.0656. The van der Waals surface area contributed by atoms with Crippen molar-refractivity contribution in [3.8, 4) is 0 Å². The first kappa shape index (κ1) is 13.6. The first-order valence-electron chi connectivity index (χ1n) is 6.39. The maximum Gasteiger partial charge on any atom is 0.309 e. The average molecular weight is 261 g/mol. The normalized spacial score (nSPS) is 21.8. The third kappa shape index (κ3) is 2.01. The van der Waals surface area contributed by atoms with Crippen LogP contribution < -0.4 is 4.90 Å². The Morgan fingerprint density at radius 1 is 1.32 bits per heavy atom. The van der Waals surface area contributed by atoms with Crippen LogP contribution in [0.25, 0.3) is 0 Å². The van der Waals surface area contributed by atoms with Gasteiger partial charge < -0.3 is 10.0 Å². The van der Waals surface area contributed by atoms with Crippen LogP contribution in [0.1, 0.15) is 31.4 Å². The zero-order chi connectivity index (χ0) is 14.4. The molecule has 1 atom stereocenters. The topological polar surface area (TPSA) is 57.6 Å². The second-order valence-corrected chi connectivity index (χ2v) is 5.72. The molecule has 0 spiro atoms. The molecule has 4 nitrogen and oxygen atoms in total. The summed E-state index contributed by atoms with van der Waals surface area (Å²) in [5, 5.41) is 9.29. The van der Waals surface area contributed by atoms with Gasteiger partial charge in [-0.1, -0.05) is 18.2 Å². The lowest BCUT2D eigenvalue weighted by Gasteiger charge is -2.36. The maximum absolute atomic E-state index is 12.3. The quantitative estimate of drug-likeness (QED) is 0.890. The van der Waals surface area contributed by atoms with E-state index >= 15 is 0 Å². The Balaban J connectivity index is 2.56. The molecule has 1 aliphatic heterocycles. The number of hydrogen-bond donors (Lipinski definition) is 1. The highest BCUT2D eigenvalue weighted by atomic mass is 16.4. The molecule has 1 saturated heterocycles. The van der Waals surface area contributed by atoms with Gasteiger partial charge in [0.1, 0.15) is 0 Å². The number of anilines is 1. The van der Waals surface area contributed by atoms with Crippen LogP contribution in [-0.4, -0.2) is 22.5 Å². The fourth-order valence-corrected chi connectivity index (χ4v) is 2.95. The Morgan fingerprint density at radius 2 is 1.84 bits per heavy atom. The number of carboxylic acid groups (broad SMARTS) is 1. The largest absolute Gasteiger partial charge is 0.481 e. The highest BCUT2D eigenvalue weighted by Crippen LogP contribution is 2.41. The molecule has 1 heterocycles. The fourth-order valence-electron chi connectivity index (χ4n) is 2.95. The predicted octanol–water partition coefficient (Wildman–Crippen LogP) is 2.52. The molecule has 0 aliphatic carbocycles. The monoisotopic (exact) mass is 261 g/mol. The molecule has 1 aromatic rings. The molecular weight excluding hydrogens is 242 g/mol. The van der Waals surface area contributed by atoms with E-state index < -0.39 is 17.4 Å². The number of carbonyl (C=O) groups excluding carboxylic acids is 1. The van der Waals surface area contributed by atoms with Crippen LogP contribution in [0.15, 0.2) is 18.2 Å². The Morgan fingerprint density at radius 3 is 2.26 bits per heavy atom. The molecule has 1 fully saturated rings. The minimum Gasteiger partial charge on any atom is -0.481 e. The molecule has 1 unspecified atom stereocenters. The molecule has 4 heteroatoms. The van der Waals surface area contributed by atoms with Gasteiger partial charge in [0, 0.05) is 6.42 Å². The van der Waals surface area contributed by atoms with Crippen LogP contribution in [0.3, 0.4) is 0 Å². The Hall–Kier alpha value is -1.84. The SMILES string of the molecule is Cc1cccc(C)c1N1C(=O)CC(C(=O)O)C1(C)C. The van der Waals surface area contributed by atoms with E-state index in [0.29, 0.717) is 0 Å². The summed E-state index contributed by atoms with van der Waals surface area (Å²) in [5.41, 5.74) is 2.13. The van der Waals surface area contributed by atoms with Gasteiger partial charge >= 0.3 is 5.97 Å². The van der Waals surface area contributed by atoms with Crippen molar-refractivity contribution in [1.82, 2.24) is 0 Å². The van der Waals surface area contributed by atoms with Crippen molar-refractivity contribution in [2.75, 3.05) is 4.90 Å². The lowest BCUT2D eigenvalue weighted by Crippen LogP contribution is -2.47. The second-order valence-electron chi connectivity index (χ2n) is 5.72. The summed E-state index contributed by atoms with van der Waals surface area (Å²) < 4.78 is 0. The Bertz CT molecular complexity index is 528. The number of aliphatic carboxylic acids is 1. The van der Waals surface area contributed by atoms with Gasteiger partial charge in [0.15, 0.2) is 0 Å². The molecule has 0 bridgehead atoms. The van der Waals surface area contributed by atoms with E-state index in [4.69, 9.17) is 0 Å². The smallest absolute Gasteiger partial charge is 0.309 e. The van der Waals surface area contributed by atoms with Crippen LogP contribution in [0.2, 0.25) is 0 Å². The highest BCUT2D eigenvalue weighted by molar-refractivity contribution is 6.02. The Kier molecular flexibility index (Phi) is 3.12. The van der Waals surface area contributed by atoms with Gasteiger partial charge in [-0.25, -0.2) is 0 Å². The van der Waals surface area contributed by atoms with E-state index in [1.807, 2.05) is 45.9 Å². The average Bonchev–Trinajstić information content (AvgIpc) is 2.51. The molecule has 1 amide bonds. The van der Waals surface area contributed by atoms with Gasteiger partial charge in [0.05, 0.1) is 17.1 Å². The van der Waals surface area contributed by atoms with Gasteiger partial charge in [0.2, 0.25) is 5.91 Å². The summed E-state index contributed by atoms with van der Waals surface area (Å²) in [6.45, 7) is 7.53. The number of benzene rings is 1. The molecular formula is C15H19NO3. The number of amides is 1. The van der Waals surface area contributed by atoms with E-state index in [9.17, 15) is 14.7 Å². The molecule has 0 aromatic heterocycles. The van der Waals surface area contributed by atoms with Crippen LogP contribution in [0.5, 0.6) is 0 Å². The summed E-state index contributed by atoms with van der Waals surface area (Å²) >= 11 is 0. The van der Waals surface area contributed by atoms with E-state index in [1.165, 1.54) is 0 Å². The Labute approximate surface area is 113 Å². The second kappa shape index (κ2) is 4.37. The number of aryl methyl sites for hydroxylation is 2. The van der Waals surface area contributed by atoms with Crippen molar-refractivity contribution in [2.45, 2.75) is 39.7 Å². The third-order valence-corrected chi connectivity index (χ3v) is 4.02. The summed E-state index contributed by atoms with van der Waals surface area (Å²) in [4.78, 5) is 25.3. The van der Waals surface area contributed by atoms with Gasteiger partial charge in [-0.05, 0) is 38.8 Å². The van der Waals surface area contributed by atoms with Gasteiger partial charge in [0.25, 0.3) is 0 Å². The van der Waals surface area contributed by atoms with Crippen LogP contribution in [0.4, 0.5) is 5.69 Å². The fraction of sp³-hybridized carbons (Fsp3) is 0.467. The van der Waals surface area contributed by atoms with Crippen molar-refractivity contribution in [1.29, 1.82) is 0 Å². The van der Waals surface area contributed by atoms with Crippen LogP contribution >= 0.6 is 0 Å². The zero-order valence-corrected chi connectivity index (χ0v) is 11.7. The lowest BCUT2D eigenvalue weighted by atomic mass is 9.88. The first-order valence-corrected chi connectivity index (χ1v) is 6.39. The lowest BCUT2D eigenvalue weighted by molar-refractivity contribution is -0.143. The first-order chi connectivity index (χ1) is 8.76. The van der Waals surface area contributed by atoms with Crippen LogP contribution in [0, 0.1) is 19.8 Å². The summed E-state index contributed by atoms with van der Waals surface area (Å²) in [5.74, 6) is -1.69. The molecule has 0 radical (unpaired) electrons. The van der Waals surface area contributed by atoms with Crippen molar-refractivity contribution in [2.24, 2.45) is 5.92 Å². The molecule has 19 heavy (non-hydrogen) atoms. The number of rotatable bonds is 2. The minimum atomic E-state index is -0.910. The van der Waals surface area contributed by atoms with Gasteiger partial charge in [-0.15, -0.1) is 0 Å². The zero-order valence-electron chi connectivity index (χ0n) is 11.7. The number of para-hydroxylation sites is 1.